The normalized spacial score (nSPS) is 10.1. The molecule has 3 rings (SSSR count). The van der Waals surface area contributed by atoms with E-state index in [1.165, 1.54) is 6.92 Å². The number of amides is 2. The van der Waals surface area contributed by atoms with Crippen LogP contribution in [0.5, 0.6) is 0 Å². The third-order valence-electron chi connectivity index (χ3n) is 4.04. The van der Waals surface area contributed by atoms with Gasteiger partial charge in [0, 0.05) is 23.9 Å². The number of nitrogens with one attached hydrogen (secondary N) is 2. The molecule has 0 saturated carbocycles. The van der Waals surface area contributed by atoms with E-state index in [4.69, 9.17) is 4.74 Å². The molecule has 0 aliphatic rings. The lowest BCUT2D eigenvalue weighted by molar-refractivity contribution is -0.114. The fourth-order valence-electron chi connectivity index (χ4n) is 2.64. The molecule has 0 aromatic heterocycles. The van der Waals surface area contributed by atoms with Crippen LogP contribution in [0.2, 0.25) is 0 Å². The van der Waals surface area contributed by atoms with Gasteiger partial charge >= 0.3 is 5.97 Å². The summed E-state index contributed by atoms with van der Waals surface area (Å²) >= 11 is 0. The summed E-state index contributed by atoms with van der Waals surface area (Å²) in [4.78, 5) is 35.8. The minimum atomic E-state index is -0.468. The van der Waals surface area contributed by atoms with E-state index in [9.17, 15) is 14.4 Å². The lowest BCUT2D eigenvalue weighted by Crippen LogP contribution is -2.13. The monoisotopic (exact) mass is 388 g/mol. The van der Waals surface area contributed by atoms with Crippen molar-refractivity contribution in [3.63, 3.8) is 0 Å². The summed E-state index contributed by atoms with van der Waals surface area (Å²) in [6.45, 7) is 1.59. The van der Waals surface area contributed by atoms with Gasteiger partial charge in [-0.25, -0.2) is 4.79 Å². The molecule has 0 bridgehead atoms. The van der Waals surface area contributed by atoms with Crippen LogP contribution >= 0.6 is 0 Å². The second-order valence-corrected chi connectivity index (χ2v) is 6.36. The number of hydrogen-bond acceptors (Lipinski definition) is 4. The highest BCUT2D eigenvalue weighted by Crippen LogP contribution is 2.15. The number of benzene rings is 3. The second kappa shape index (κ2) is 9.32. The van der Waals surface area contributed by atoms with Crippen LogP contribution < -0.4 is 10.6 Å². The van der Waals surface area contributed by atoms with Crippen molar-refractivity contribution in [2.75, 3.05) is 10.6 Å². The van der Waals surface area contributed by atoms with Gasteiger partial charge in [-0.3, -0.25) is 9.59 Å². The highest BCUT2D eigenvalue weighted by molar-refractivity contribution is 6.05. The summed E-state index contributed by atoms with van der Waals surface area (Å²) in [7, 11) is 0. The average Bonchev–Trinajstić information content (AvgIpc) is 2.73. The van der Waals surface area contributed by atoms with Crippen molar-refractivity contribution in [2.24, 2.45) is 0 Å². The Bertz CT molecular complexity index is 1010. The van der Waals surface area contributed by atoms with E-state index in [-0.39, 0.29) is 18.4 Å². The van der Waals surface area contributed by atoms with Gasteiger partial charge in [-0.1, -0.05) is 36.4 Å². The molecule has 2 N–H and O–H groups in total. The standard InChI is InChI=1S/C23H20N2O4/c1-16(26)24-20-12-10-18(11-13-20)22(27)25-21-9-5-8-19(14-21)23(28)29-15-17-6-3-2-4-7-17/h2-14H,15H2,1H3,(H,24,26)(H,25,27). The average molecular weight is 388 g/mol. The summed E-state index contributed by atoms with van der Waals surface area (Å²) in [5.74, 6) is -0.975. The molecule has 146 valence electrons. The third-order valence-corrected chi connectivity index (χ3v) is 4.04. The van der Waals surface area contributed by atoms with Crippen LogP contribution in [-0.2, 0) is 16.1 Å². The van der Waals surface area contributed by atoms with Crippen molar-refractivity contribution in [1.82, 2.24) is 0 Å². The molecular weight excluding hydrogens is 368 g/mol. The van der Waals surface area contributed by atoms with Crippen molar-refractivity contribution in [1.29, 1.82) is 0 Å². The molecule has 0 fully saturated rings. The maximum Gasteiger partial charge on any atom is 0.338 e. The van der Waals surface area contributed by atoms with E-state index in [1.54, 1.807) is 48.5 Å². The fraction of sp³-hybridized carbons (Fsp3) is 0.0870. The Morgan fingerprint density at radius 3 is 2.17 bits per heavy atom. The minimum Gasteiger partial charge on any atom is -0.457 e. The largest absolute Gasteiger partial charge is 0.457 e. The highest BCUT2D eigenvalue weighted by atomic mass is 16.5. The highest BCUT2D eigenvalue weighted by Gasteiger charge is 2.11. The number of anilines is 2. The van der Waals surface area contributed by atoms with Crippen molar-refractivity contribution in [2.45, 2.75) is 13.5 Å². The van der Waals surface area contributed by atoms with E-state index >= 15 is 0 Å². The van der Waals surface area contributed by atoms with Crippen LogP contribution in [0.1, 0.15) is 33.2 Å². The molecule has 0 spiro atoms. The maximum absolute atomic E-state index is 12.4. The summed E-state index contributed by atoms with van der Waals surface area (Å²) in [5, 5.41) is 5.40. The summed E-state index contributed by atoms with van der Waals surface area (Å²) in [6.07, 6.45) is 0. The number of rotatable bonds is 6. The first-order valence-electron chi connectivity index (χ1n) is 9.01. The first-order chi connectivity index (χ1) is 14.0. The van der Waals surface area contributed by atoms with Crippen molar-refractivity contribution >= 4 is 29.2 Å². The number of hydrogen-bond donors (Lipinski definition) is 2. The lowest BCUT2D eigenvalue weighted by Gasteiger charge is -2.09. The molecule has 0 aliphatic heterocycles. The molecule has 3 aromatic rings. The zero-order chi connectivity index (χ0) is 20.6. The van der Waals surface area contributed by atoms with E-state index in [0.29, 0.717) is 22.5 Å². The van der Waals surface area contributed by atoms with Gasteiger partial charge < -0.3 is 15.4 Å². The molecule has 6 nitrogen and oxygen atoms in total. The first-order valence-corrected chi connectivity index (χ1v) is 9.01. The summed E-state index contributed by atoms with van der Waals surface area (Å²) < 4.78 is 5.32. The SMILES string of the molecule is CC(=O)Nc1ccc(C(=O)Nc2cccc(C(=O)OCc3ccccc3)c2)cc1. The molecule has 0 aliphatic carbocycles. The summed E-state index contributed by atoms with van der Waals surface area (Å²) in [5.41, 5.74) is 2.76. The van der Waals surface area contributed by atoms with Crippen LogP contribution in [-0.4, -0.2) is 17.8 Å². The molecular formula is C23H20N2O4. The van der Waals surface area contributed by atoms with Crippen molar-refractivity contribution in [3.8, 4) is 0 Å². The van der Waals surface area contributed by atoms with Crippen LogP contribution in [0, 0.1) is 0 Å². The Hall–Kier alpha value is -3.93. The van der Waals surface area contributed by atoms with Crippen molar-refractivity contribution in [3.05, 3.63) is 95.6 Å². The Labute approximate surface area is 168 Å². The smallest absolute Gasteiger partial charge is 0.338 e. The van der Waals surface area contributed by atoms with Gasteiger partial charge in [0.25, 0.3) is 5.91 Å². The van der Waals surface area contributed by atoms with Gasteiger partial charge in [0.05, 0.1) is 5.56 Å². The number of ether oxygens (including phenoxy) is 1. The third kappa shape index (κ3) is 5.77. The van der Waals surface area contributed by atoms with E-state index in [1.807, 2.05) is 30.3 Å². The Morgan fingerprint density at radius 2 is 1.48 bits per heavy atom. The van der Waals surface area contributed by atoms with Gasteiger partial charge in [-0.05, 0) is 48.0 Å². The van der Waals surface area contributed by atoms with Crippen LogP contribution in [0.25, 0.3) is 0 Å². The van der Waals surface area contributed by atoms with Crippen LogP contribution in [0.4, 0.5) is 11.4 Å². The van der Waals surface area contributed by atoms with E-state index in [2.05, 4.69) is 10.6 Å². The number of esters is 1. The molecule has 29 heavy (non-hydrogen) atoms. The number of carbonyl (C=O) groups is 3. The van der Waals surface area contributed by atoms with Gasteiger partial charge in [0.2, 0.25) is 5.91 Å². The van der Waals surface area contributed by atoms with Gasteiger partial charge in [-0.2, -0.15) is 0 Å². The lowest BCUT2D eigenvalue weighted by atomic mass is 10.1. The molecule has 6 heteroatoms. The quantitative estimate of drug-likeness (QED) is 0.618. The van der Waals surface area contributed by atoms with Gasteiger partial charge in [0.1, 0.15) is 6.61 Å². The van der Waals surface area contributed by atoms with E-state index < -0.39 is 5.97 Å². The second-order valence-electron chi connectivity index (χ2n) is 6.36. The Kier molecular flexibility index (Phi) is 6.37. The zero-order valence-electron chi connectivity index (χ0n) is 15.8. The minimum absolute atomic E-state index is 0.177. The van der Waals surface area contributed by atoms with E-state index in [0.717, 1.165) is 5.56 Å². The maximum atomic E-state index is 12.4. The predicted octanol–water partition coefficient (Wildman–Crippen LogP) is 4.25. The summed E-state index contributed by atoms with van der Waals surface area (Å²) in [6, 6.07) is 22.5. The van der Waals surface area contributed by atoms with Gasteiger partial charge in [-0.15, -0.1) is 0 Å². The molecule has 2 amide bonds. The first kappa shape index (κ1) is 19.8. The van der Waals surface area contributed by atoms with Crippen molar-refractivity contribution < 1.29 is 19.1 Å². The molecule has 0 saturated heterocycles. The van der Waals surface area contributed by atoms with Crippen LogP contribution in [0.3, 0.4) is 0 Å². The molecule has 0 unspecified atom stereocenters. The predicted molar refractivity (Wildman–Crippen MR) is 111 cm³/mol. The van der Waals surface area contributed by atoms with Crippen LogP contribution in [0.15, 0.2) is 78.9 Å². The topological polar surface area (TPSA) is 84.5 Å². The molecule has 0 radical (unpaired) electrons. The Morgan fingerprint density at radius 1 is 0.759 bits per heavy atom. The Balaban J connectivity index is 1.62. The fourth-order valence-corrected chi connectivity index (χ4v) is 2.64. The molecule has 3 aromatic carbocycles. The zero-order valence-corrected chi connectivity index (χ0v) is 15.8. The van der Waals surface area contributed by atoms with Gasteiger partial charge in [0.15, 0.2) is 0 Å². The molecule has 0 atom stereocenters. The number of carbonyl (C=O) groups excluding carboxylic acids is 3. The molecule has 0 heterocycles.